The van der Waals surface area contributed by atoms with Gasteiger partial charge in [-0.25, -0.2) is 0 Å². The number of fused-ring (bicyclic) bond motifs is 5. The molecule has 3 aromatic rings. The van der Waals surface area contributed by atoms with Crippen LogP contribution in [-0.4, -0.2) is 47.7 Å². The van der Waals surface area contributed by atoms with Crippen molar-refractivity contribution in [2.45, 2.75) is 31.5 Å². The minimum Gasteiger partial charge on any atom is -0.310 e. The molecule has 4 heterocycles. The molecule has 4 atom stereocenters. The van der Waals surface area contributed by atoms with E-state index in [0.29, 0.717) is 17.8 Å². The van der Waals surface area contributed by atoms with E-state index in [4.69, 9.17) is 0 Å². The fourth-order valence-corrected chi connectivity index (χ4v) is 7.07. The van der Waals surface area contributed by atoms with Crippen LogP contribution < -0.4 is 15.1 Å². The molecule has 8 nitrogen and oxygen atoms in total. The second-order valence-electron chi connectivity index (χ2n) is 10.8. The monoisotopic (exact) mass is 520 g/mol. The SMILES string of the molecule is C[C@@H]1N[C@]2(C(=O)N(CC(=O)N3CCc4ccccc43)c3ccccc32)[C@@H]2C(=O)N(Cc3ccccc3)C(=O)[C@H]12. The largest absolute Gasteiger partial charge is 0.310 e. The van der Waals surface area contributed by atoms with Crippen molar-refractivity contribution in [3.8, 4) is 0 Å². The maximum absolute atomic E-state index is 14.4. The van der Waals surface area contributed by atoms with Crippen LogP contribution in [0.25, 0.3) is 0 Å². The fourth-order valence-electron chi connectivity index (χ4n) is 7.07. The van der Waals surface area contributed by atoms with Crippen LogP contribution in [0.2, 0.25) is 0 Å². The maximum Gasteiger partial charge on any atom is 0.253 e. The lowest BCUT2D eigenvalue weighted by Crippen LogP contribution is -2.55. The third kappa shape index (κ3) is 3.27. The molecule has 4 aliphatic heterocycles. The first-order valence-electron chi connectivity index (χ1n) is 13.4. The van der Waals surface area contributed by atoms with Crippen molar-refractivity contribution in [1.82, 2.24) is 10.2 Å². The van der Waals surface area contributed by atoms with E-state index < -0.39 is 23.4 Å². The molecule has 196 valence electrons. The molecule has 0 radical (unpaired) electrons. The first kappa shape index (κ1) is 23.8. The molecule has 4 amide bonds. The quantitative estimate of drug-likeness (QED) is 0.535. The van der Waals surface area contributed by atoms with Gasteiger partial charge in [0.1, 0.15) is 12.1 Å². The van der Waals surface area contributed by atoms with Crippen molar-refractivity contribution in [3.63, 3.8) is 0 Å². The number of carbonyl (C=O) groups is 4. The van der Waals surface area contributed by atoms with Crippen molar-refractivity contribution >= 4 is 35.0 Å². The Balaban J connectivity index is 1.24. The number of nitrogens with zero attached hydrogens (tertiary/aromatic N) is 3. The molecule has 1 N–H and O–H groups in total. The highest BCUT2D eigenvalue weighted by atomic mass is 16.2. The van der Waals surface area contributed by atoms with Crippen LogP contribution in [0.3, 0.4) is 0 Å². The number of benzene rings is 3. The second kappa shape index (κ2) is 8.61. The Labute approximate surface area is 226 Å². The summed E-state index contributed by atoms with van der Waals surface area (Å²) in [6.45, 7) is 2.44. The Kier molecular flexibility index (Phi) is 5.25. The van der Waals surface area contributed by atoms with E-state index in [2.05, 4.69) is 5.32 Å². The van der Waals surface area contributed by atoms with Crippen LogP contribution in [0.4, 0.5) is 11.4 Å². The Bertz CT molecular complexity index is 1540. The number of carbonyl (C=O) groups excluding carboxylic acids is 4. The molecule has 39 heavy (non-hydrogen) atoms. The molecular weight excluding hydrogens is 492 g/mol. The molecule has 7 rings (SSSR count). The summed E-state index contributed by atoms with van der Waals surface area (Å²) in [5.41, 5.74) is 2.68. The fraction of sp³-hybridized carbons (Fsp3) is 0.290. The van der Waals surface area contributed by atoms with Crippen LogP contribution in [0.1, 0.15) is 23.6 Å². The Hall–Kier alpha value is -4.30. The van der Waals surface area contributed by atoms with Crippen LogP contribution >= 0.6 is 0 Å². The van der Waals surface area contributed by atoms with E-state index in [0.717, 1.165) is 23.2 Å². The van der Waals surface area contributed by atoms with Gasteiger partial charge in [0.25, 0.3) is 5.91 Å². The Morgan fingerprint density at radius 2 is 1.56 bits per heavy atom. The topological polar surface area (TPSA) is 90.0 Å². The molecule has 0 unspecified atom stereocenters. The van der Waals surface area contributed by atoms with Crippen LogP contribution in [0.15, 0.2) is 78.9 Å². The third-order valence-corrected chi connectivity index (χ3v) is 8.77. The van der Waals surface area contributed by atoms with Crippen molar-refractivity contribution in [1.29, 1.82) is 0 Å². The molecule has 8 heteroatoms. The van der Waals surface area contributed by atoms with E-state index >= 15 is 0 Å². The van der Waals surface area contributed by atoms with Gasteiger partial charge in [0.05, 0.1) is 18.4 Å². The number of hydrogen-bond acceptors (Lipinski definition) is 5. The molecule has 0 bridgehead atoms. The lowest BCUT2D eigenvalue weighted by molar-refractivity contribution is -0.143. The minimum absolute atomic E-state index is 0.144. The van der Waals surface area contributed by atoms with Gasteiger partial charge < -0.3 is 9.80 Å². The van der Waals surface area contributed by atoms with Gasteiger partial charge in [-0.3, -0.25) is 29.4 Å². The summed E-state index contributed by atoms with van der Waals surface area (Å²) in [4.78, 5) is 60.1. The highest BCUT2D eigenvalue weighted by Gasteiger charge is 2.70. The number of anilines is 2. The molecule has 2 saturated heterocycles. The smallest absolute Gasteiger partial charge is 0.253 e. The summed E-state index contributed by atoms with van der Waals surface area (Å²) in [5.74, 6) is -2.70. The van der Waals surface area contributed by atoms with E-state index in [-0.39, 0.29) is 36.7 Å². The van der Waals surface area contributed by atoms with Crippen molar-refractivity contribution in [2.75, 3.05) is 22.9 Å². The second-order valence-corrected chi connectivity index (χ2v) is 10.8. The normalized spacial score (nSPS) is 26.9. The van der Waals surface area contributed by atoms with E-state index in [1.807, 2.05) is 85.8 Å². The van der Waals surface area contributed by atoms with Crippen LogP contribution in [0, 0.1) is 11.8 Å². The van der Waals surface area contributed by atoms with Gasteiger partial charge in [-0.15, -0.1) is 0 Å². The van der Waals surface area contributed by atoms with Crippen LogP contribution in [0.5, 0.6) is 0 Å². The maximum atomic E-state index is 14.4. The van der Waals surface area contributed by atoms with Crippen molar-refractivity contribution in [2.24, 2.45) is 11.8 Å². The lowest BCUT2D eigenvalue weighted by Gasteiger charge is -2.30. The summed E-state index contributed by atoms with van der Waals surface area (Å²) in [6.07, 6.45) is 0.771. The zero-order valence-electron chi connectivity index (χ0n) is 21.5. The predicted octanol–water partition coefficient (Wildman–Crippen LogP) is 2.61. The van der Waals surface area contributed by atoms with Crippen molar-refractivity contribution in [3.05, 3.63) is 95.6 Å². The van der Waals surface area contributed by atoms with E-state index in [1.165, 1.54) is 9.80 Å². The van der Waals surface area contributed by atoms with Gasteiger partial charge >= 0.3 is 0 Å². The average Bonchev–Trinajstić information content (AvgIpc) is 3.65. The number of imide groups is 1. The van der Waals surface area contributed by atoms with Crippen LogP contribution in [-0.2, 0) is 37.7 Å². The molecule has 3 aromatic carbocycles. The van der Waals surface area contributed by atoms with Gasteiger partial charge in [0, 0.05) is 29.5 Å². The number of para-hydroxylation sites is 2. The van der Waals surface area contributed by atoms with Gasteiger partial charge in [0.2, 0.25) is 17.7 Å². The molecule has 2 fully saturated rings. The van der Waals surface area contributed by atoms with Gasteiger partial charge in [-0.05, 0) is 36.6 Å². The van der Waals surface area contributed by atoms with Gasteiger partial charge in [0.15, 0.2) is 0 Å². The number of rotatable bonds is 4. The molecular formula is C31H28N4O4. The Morgan fingerprint density at radius 1 is 0.872 bits per heavy atom. The minimum atomic E-state index is -1.40. The first-order chi connectivity index (χ1) is 18.9. The molecule has 0 aliphatic carbocycles. The summed E-state index contributed by atoms with van der Waals surface area (Å²) in [5, 5.41) is 3.39. The van der Waals surface area contributed by atoms with E-state index in [9.17, 15) is 19.2 Å². The van der Waals surface area contributed by atoms with Gasteiger partial charge in [-0.2, -0.15) is 0 Å². The predicted molar refractivity (Wildman–Crippen MR) is 145 cm³/mol. The number of hydrogen-bond donors (Lipinski definition) is 1. The Morgan fingerprint density at radius 3 is 2.36 bits per heavy atom. The molecule has 0 aromatic heterocycles. The standard InChI is InChI=1S/C31H28N4O4/c1-19-26-27(29(38)35(28(26)37)17-20-9-3-2-4-10-20)31(32-19)22-12-6-8-14-24(22)34(30(31)39)18-25(36)33-16-15-21-11-5-7-13-23(21)33/h2-14,19,26-27,32H,15-18H2,1H3/t19-,26+,27-,31-/m0/s1. The molecule has 1 spiro atoms. The first-order valence-corrected chi connectivity index (χ1v) is 13.4. The summed E-state index contributed by atoms with van der Waals surface area (Å²) in [6, 6.07) is 24.1. The number of nitrogens with one attached hydrogen (secondary N) is 1. The zero-order valence-corrected chi connectivity index (χ0v) is 21.5. The van der Waals surface area contributed by atoms with E-state index in [1.54, 1.807) is 4.90 Å². The zero-order chi connectivity index (χ0) is 26.9. The molecule has 4 aliphatic rings. The molecule has 0 saturated carbocycles. The third-order valence-electron chi connectivity index (χ3n) is 8.77. The number of likely N-dealkylation sites (tertiary alicyclic amines) is 1. The van der Waals surface area contributed by atoms with Crippen molar-refractivity contribution < 1.29 is 19.2 Å². The summed E-state index contributed by atoms with van der Waals surface area (Å²) < 4.78 is 0. The van der Waals surface area contributed by atoms with Gasteiger partial charge in [-0.1, -0.05) is 66.7 Å². The average molecular weight is 521 g/mol. The summed E-state index contributed by atoms with van der Waals surface area (Å²) >= 11 is 0. The lowest BCUT2D eigenvalue weighted by atomic mass is 9.76. The highest BCUT2D eigenvalue weighted by molar-refractivity contribution is 6.17. The number of amides is 4. The highest BCUT2D eigenvalue weighted by Crippen LogP contribution is 2.54. The summed E-state index contributed by atoms with van der Waals surface area (Å²) in [7, 11) is 0.